The number of carbonyl (C=O) groups excluding carboxylic acids is 1. The third-order valence-electron chi connectivity index (χ3n) is 5.65. The molecule has 0 radical (unpaired) electrons. The molecule has 1 amide bonds. The van der Waals surface area contributed by atoms with Gasteiger partial charge in [0.15, 0.2) is 0 Å². The highest BCUT2D eigenvalue weighted by atomic mass is 32.1. The maximum atomic E-state index is 13.1. The van der Waals surface area contributed by atoms with Gasteiger partial charge in [0.05, 0.1) is 31.4 Å². The van der Waals surface area contributed by atoms with Gasteiger partial charge in [-0.05, 0) is 35.1 Å². The SMILES string of the molecule is COCCn1cnc2sc3c(c2c1=O)CCN(C(=O)c1ccc(C(C)(C)C)cc1)C3. The second-order valence-corrected chi connectivity index (χ2v) is 9.81. The molecule has 4 rings (SSSR count). The quantitative estimate of drug-likeness (QED) is 0.641. The van der Waals surface area contributed by atoms with E-state index in [1.807, 2.05) is 29.2 Å². The monoisotopic (exact) mass is 425 g/mol. The molecule has 0 aliphatic carbocycles. The van der Waals surface area contributed by atoms with E-state index in [9.17, 15) is 9.59 Å². The van der Waals surface area contributed by atoms with Gasteiger partial charge in [0.1, 0.15) is 4.83 Å². The smallest absolute Gasteiger partial charge is 0.262 e. The number of hydrogen-bond acceptors (Lipinski definition) is 5. The van der Waals surface area contributed by atoms with E-state index in [2.05, 4.69) is 25.8 Å². The number of amides is 1. The van der Waals surface area contributed by atoms with Crippen LogP contribution in [0.3, 0.4) is 0 Å². The number of rotatable bonds is 4. The highest BCUT2D eigenvalue weighted by Gasteiger charge is 2.27. The summed E-state index contributed by atoms with van der Waals surface area (Å²) >= 11 is 1.52. The molecule has 1 aliphatic heterocycles. The third-order valence-corrected chi connectivity index (χ3v) is 6.77. The number of aromatic nitrogens is 2. The van der Waals surface area contributed by atoms with Gasteiger partial charge in [0.25, 0.3) is 11.5 Å². The number of fused-ring (bicyclic) bond motifs is 3. The molecule has 1 aromatic carbocycles. The molecule has 2 aromatic heterocycles. The van der Waals surface area contributed by atoms with Crippen LogP contribution in [0.1, 0.15) is 47.1 Å². The van der Waals surface area contributed by atoms with Gasteiger partial charge in [-0.2, -0.15) is 0 Å². The Morgan fingerprint density at radius 1 is 1.23 bits per heavy atom. The first kappa shape index (κ1) is 20.8. The molecule has 0 saturated heterocycles. The topological polar surface area (TPSA) is 64.4 Å². The highest BCUT2D eigenvalue weighted by Crippen LogP contribution is 2.33. The summed E-state index contributed by atoms with van der Waals surface area (Å²) in [6.45, 7) is 8.56. The standard InChI is InChI=1S/C23H27N3O3S/c1-23(2,3)16-7-5-15(6-8-16)21(27)25-10-9-17-18(13-25)30-20-19(17)22(28)26(14-24-20)11-12-29-4/h5-8,14H,9-13H2,1-4H3. The van der Waals surface area contributed by atoms with Gasteiger partial charge in [0, 0.05) is 24.1 Å². The largest absolute Gasteiger partial charge is 0.383 e. The van der Waals surface area contributed by atoms with Crippen molar-refractivity contribution in [3.05, 3.63) is 62.5 Å². The van der Waals surface area contributed by atoms with Gasteiger partial charge in [-0.3, -0.25) is 14.2 Å². The van der Waals surface area contributed by atoms with Crippen LogP contribution in [0.5, 0.6) is 0 Å². The third kappa shape index (κ3) is 3.79. The van der Waals surface area contributed by atoms with E-state index in [-0.39, 0.29) is 16.9 Å². The van der Waals surface area contributed by atoms with Crippen molar-refractivity contribution in [1.29, 1.82) is 0 Å². The summed E-state index contributed by atoms with van der Waals surface area (Å²) in [5.74, 6) is 0.0315. The predicted octanol–water partition coefficient (Wildman–Crippen LogP) is 3.60. The van der Waals surface area contributed by atoms with Crippen LogP contribution in [0.25, 0.3) is 10.2 Å². The first-order chi connectivity index (χ1) is 14.3. The number of nitrogens with zero attached hydrogens (tertiary/aromatic N) is 3. The number of carbonyl (C=O) groups is 1. The molecule has 0 spiro atoms. The van der Waals surface area contributed by atoms with Gasteiger partial charge >= 0.3 is 0 Å². The van der Waals surface area contributed by atoms with Gasteiger partial charge in [-0.1, -0.05) is 32.9 Å². The minimum atomic E-state index is -0.0212. The molecular weight excluding hydrogens is 398 g/mol. The maximum absolute atomic E-state index is 13.1. The van der Waals surface area contributed by atoms with Crippen LogP contribution in [0, 0.1) is 0 Å². The van der Waals surface area contributed by atoms with Crippen molar-refractivity contribution in [2.24, 2.45) is 0 Å². The van der Waals surface area contributed by atoms with Crippen molar-refractivity contribution in [3.8, 4) is 0 Å². The molecule has 0 fully saturated rings. The van der Waals surface area contributed by atoms with Crippen molar-refractivity contribution in [2.75, 3.05) is 20.3 Å². The summed E-state index contributed by atoms with van der Waals surface area (Å²) < 4.78 is 6.69. The second kappa shape index (κ2) is 7.96. The van der Waals surface area contributed by atoms with Crippen LogP contribution in [-0.2, 0) is 29.7 Å². The highest BCUT2D eigenvalue weighted by molar-refractivity contribution is 7.18. The lowest BCUT2D eigenvalue weighted by atomic mass is 9.86. The number of methoxy groups -OCH3 is 1. The Morgan fingerprint density at radius 2 is 1.97 bits per heavy atom. The predicted molar refractivity (Wildman–Crippen MR) is 119 cm³/mol. The minimum absolute atomic E-state index is 0.0212. The molecule has 6 nitrogen and oxygen atoms in total. The van der Waals surface area contributed by atoms with Crippen molar-refractivity contribution < 1.29 is 9.53 Å². The summed E-state index contributed by atoms with van der Waals surface area (Å²) in [6.07, 6.45) is 2.26. The summed E-state index contributed by atoms with van der Waals surface area (Å²) in [7, 11) is 1.62. The van der Waals surface area contributed by atoms with Crippen molar-refractivity contribution in [3.63, 3.8) is 0 Å². The molecule has 1 aliphatic rings. The lowest BCUT2D eigenvalue weighted by Crippen LogP contribution is -2.35. The second-order valence-electron chi connectivity index (χ2n) is 8.72. The Balaban J connectivity index is 1.59. The zero-order chi connectivity index (χ0) is 21.5. The zero-order valence-corrected chi connectivity index (χ0v) is 18.7. The Hall–Kier alpha value is -2.51. The summed E-state index contributed by atoms with van der Waals surface area (Å²) in [5.41, 5.74) is 2.99. The van der Waals surface area contributed by atoms with E-state index in [0.29, 0.717) is 43.6 Å². The van der Waals surface area contributed by atoms with Gasteiger partial charge in [-0.15, -0.1) is 11.3 Å². The number of thiophene rings is 1. The first-order valence-electron chi connectivity index (χ1n) is 10.2. The lowest BCUT2D eigenvalue weighted by molar-refractivity contribution is 0.0737. The van der Waals surface area contributed by atoms with Crippen LogP contribution in [0.15, 0.2) is 35.4 Å². The Labute approximate surface area is 180 Å². The van der Waals surface area contributed by atoms with Crippen LogP contribution in [-0.4, -0.2) is 40.6 Å². The Bertz CT molecular complexity index is 1140. The van der Waals surface area contributed by atoms with Crippen molar-refractivity contribution >= 4 is 27.5 Å². The van der Waals surface area contributed by atoms with E-state index in [1.165, 1.54) is 16.9 Å². The molecule has 3 aromatic rings. The van der Waals surface area contributed by atoms with Crippen LogP contribution in [0.4, 0.5) is 0 Å². The van der Waals surface area contributed by atoms with Crippen molar-refractivity contribution in [1.82, 2.24) is 14.5 Å². The van der Waals surface area contributed by atoms with Crippen molar-refractivity contribution in [2.45, 2.75) is 45.7 Å². The zero-order valence-electron chi connectivity index (χ0n) is 17.9. The minimum Gasteiger partial charge on any atom is -0.383 e. The fourth-order valence-electron chi connectivity index (χ4n) is 3.84. The normalized spacial score (nSPS) is 14.2. The molecule has 0 atom stereocenters. The van der Waals surface area contributed by atoms with Gasteiger partial charge in [-0.25, -0.2) is 4.98 Å². The fraction of sp³-hybridized carbons (Fsp3) is 0.435. The molecule has 0 unspecified atom stereocenters. The van der Waals surface area contributed by atoms with E-state index in [0.717, 1.165) is 15.3 Å². The average Bonchev–Trinajstić information content (AvgIpc) is 3.10. The molecule has 0 bridgehead atoms. The van der Waals surface area contributed by atoms with Crippen LogP contribution in [0.2, 0.25) is 0 Å². The molecule has 7 heteroatoms. The Morgan fingerprint density at radius 3 is 2.63 bits per heavy atom. The molecule has 158 valence electrons. The molecular formula is C23H27N3O3S. The summed E-state index contributed by atoms with van der Waals surface area (Å²) in [6, 6.07) is 7.90. The fourth-order valence-corrected chi connectivity index (χ4v) is 5.03. The lowest BCUT2D eigenvalue weighted by Gasteiger charge is -2.27. The first-order valence-corrected chi connectivity index (χ1v) is 11.0. The van der Waals surface area contributed by atoms with E-state index in [1.54, 1.807) is 18.0 Å². The number of ether oxygens (including phenoxy) is 1. The summed E-state index contributed by atoms with van der Waals surface area (Å²) in [4.78, 5) is 34.1. The van der Waals surface area contributed by atoms with E-state index < -0.39 is 0 Å². The average molecular weight is 426 g/mol. The van der Waals surface area contributed by atoms with Gasteiger partial charge in [0.2, 0.25) is 0 Å². The Kier molecular flexibility index (Phi) is 5.51. The van der Waals surface area contributed by atoms with E-state index >= 15 is 0 Å². The van der Waals surface area contributed by atoms with E-state index in [4.69, 9.17) is 4.74 Å². The molecule has 3 heterocycles. The number of benzene rings is 1. The van der Waals surface area contributed by atoms with Crippen LogP contribution < -0.4 is 5.56 Å². The molecule has 0 N–H and O–H groups in total. The summed E-state index contributed by atoms with van der Waals surface area (Å²) in [5, 5.41) is 0.704. The maximum Gasteiger partial charge on any atom is 0.262 e. The van der Waals surface area contributed by atoms with Gasteiger partial charge < -0.3 is 9.64 Å². The van der Waals surface area contributed by atoms with Crippen LogP contribution >= 0.6 is 11.3 Å². The molecule has 0 saturated carbocycles. The number of hydrogen-bond donors (Lipinski definition) is 0. The molecule has 30 heavy (non-hydrogen) atoms.